The van der Waals surface area contributed by atoms with Crippen LogP contribution < -0.4 is 0 Å². The average molecular weight is 487 g/mol. The largest absolute Gasteiger partial charge is 0.462 e. The Labute approximate surface area is 188 Å². The quantitative estimate of drug-likeness (QED) is 0.131. The molecule has 0 saturated carbocycles. The zero-order valence-corrected chi connectivity index (χ0v) is 21.9. The van der Waals surface area contributed by atoms with Crippen LogP contribution in [0.4, 0.5) is 0 Å². The molecule has 0 amide bonds. The van der Waals surface area contributed by atoms with Crippen LogP contribution in [-0.4, -0.2) is 46.3 Å². The van der Waals surface area contributed by atoms with Gasteiger partial charge in [0, 0.05) is 5.57 Å². The van der Waals surface area contributed by atoms with Crippen LogP contribution in [0.5, 0.6) is 0 Å². The highest BCUT2D eigenvalue weighted by molar-refractivity contribution is 6.89. The topological polar surface area (TPSA) is 54.0 Å². The lowest BCUT2D eigenvalue weighted by Gasteiger charge is -2.41. The number of hydrogen-bond donors (Lipinski definition) is 0. The van der Waals surface area contributed by atoms with Crippen molar-refractivity contribution in [3.8, 4) is 0 Å². The standard InChI is InChI=1S/C16H38O5Si4.4CH4/c1-15(2)16(17)18-13-12-14-25(11,20-23(6,7)8)21-24(9,10)19-22(3,4)5;;;;/h1,12-14H2,2-11H3;4*1H4. The van der Waals surface area contributed by atoms with Gasteiger partial charge in [0.25, 0.3) is 0 Å². The molecule has 0 spiro atoms. The number of rotatable bonds is 11. The molecule has 0 aliphatic heterocycles. The summed E-state index contributed by atoms with van der Waals surface area (Å²) in [5.41, 5.74) is 0.423. The van der Waals surface area contributed by atoms with E-state index in [1.165, 1.54) is 0 Å². The van der Waals surface area contributed by atoms with Gasteiger partial charge in [-0.15, -0.1) is 0 Å². The molecule has 0 fully saturated rings. The second-order valence-electron chi connectivity index (χ2n) is 9.08. The highest BCUT2D eigenvalue weighted by atomic mass is 28.5. The number of hydrogen-bond acceptors (Lipinski definition) is 5. The molecule has 0 saturated heterocycles. The fourth-order valence-corrected chi connectivity index (χ4v) is 20.7. The lowest BCUT2D eigenvalue weighted by atomic mass is 10.4. The highest BCUT2D eigenvalue weighted by Crippen LogP contribution is 2.27. The molecule has 0 rings (SSSR count). The number of carbonyl (C=O) groups excluding carboxylic acids is 1. The Balaban J connectivity index is -0.000000480. The molecule has 1 unspecified atom stereocenters. The molecule has 0 aliphatic rings. The van der Waals surface area contributed by atoms with Crippen molar-refractivity contribution in [2.45, 2.75) is 108 Å². The molecule has 1 atom stereocenters. The lowest BCUT2D eigenvalue weighted by molar-refractivity contribution is -0.138. The van der Waals surface area contributed by atoms with Gasteiger partial charge in [0.05, 0.1) is 6.61 Å². The third-order valence-corrected chi connectivity index (χ3v) is 16.4. The van der Waals surface area contributed by atoms with Gasteiger partial charge in [0.15, 0.2) is 16.6 Å². The van der Waals surface area contributed by atoms with Gasteiger partial charge in [-0.05, 0) is 78.3 Å². The Hall–Kier alpha value is -0.0425. The molecule has 0 N–H and O–H groups in total. The molecule has 0 radical (unpaired) electrons. The van der Waals surface area contributed by atoms with E-state index in [1.54, 1.807) is 6.92 Å². The van der Waals surface area contributed by atoms with Crippen LogP contribution in [0.2, 0.25) is 65.0 Å². The Morgan fingerprint density at radius 3 is 1.52 bits per heavy atom. The molecular weight excluding hydrogens is 433 g/mol. The number of ether oxygens (including phenoxy) is 1. The van der Waals surface area contributed by atoms with E-state index in [0.717, 1.165) is 12.5 Å². The number of carbonyl (C=O) groups is 1. The minimum absolute atomic E-state index is 0. The first-order valence-corrected chi connectivity index (χ1v) is 21.0. The summed E-state index contributed by atoms with van der Waals surface area (Å²) in [6.45, 7) is 25.0. The van der Waals surface area contributed by atoms with Crippen molar-refractivity contribution in [3.63, 3.8) is 0 Å². The molecular formula is C20H54O5Si4. The van der Waals surface area contributed by atoms with Gasteiger partial charge in [-0.2, -0.15) is 0 Å². The molecule has 0 aromatic heterocycles. The zero-order chi connectivity index (χ0) is 20.1. The van der Waals surface area contributed by atoms with Gasteiger partial charge in [0.1, 0.15) is 0 Å². The second kappa shape index (κ2) is 14.9. The Bertz CT molecular complexity index is 470. The van der Waals surface area contributed by atoms with Crippen LogP contribution in [0.1, 0.15) is 43.1 Å². The van der Waals surface area contributed by atoms with Gasteiger partial charge in [0.2, 0.25) is 0 Å². The lowest BCUT2D eigenvalue weighted by Crippen LogP contribution is -2.56. The molecule has 0 bridgehead atoms. The van der Waals surface area contributed by atoms with Gasteiger partial charge in [-0.3, -0.25) is 0 Å². The SMILES string of the molecule is C.C.C.C.C=C(C)C(=O)OCCC[Si](C)(O[Si](C)(C)C)O[Si](C)(C)O[Si](C)(C)C. The van der Waals surface area contributed by atoms with E-state index in [4.69, 9.17) is 17.1 Å². The molecule has 5 nitrogen and oxygen atoms in total. The van der Waals surface area contributed by atoms with Crippen molar-refractivity contribution in [3.05, 3.63) is 12.2 Å². The maximum absolute atomic E-state index is 11.5. The summed E-state index contributed by atoms with van der Waals surface area (Å²) in [5, 5.41) is 0. The van der Waals surface area contributed by atoms with Crippen LogP contribution in [0.15, 0.2) is 12.2 Å². The third kappa shape index (κ3) is 21.0. The number of esters is 1. The zero-order valence-electron chi connectivity index (χ0n) is 17.9. The van der Waals surface area contributed by atoms with Crippen molar-refractivity contribution in [2.24, 2.45) is 0 Å². The first-order chi connectivity index (χ1) is 10.9. The third-order valence-electron chi connectivity index (χ3n) is 2.89. The normalized spacial score (nSPS) is 13.4. The van der Waals surface area contributed by atoms with E-state index in [-0.39, 0.29) is 35.7 Å². The van der Waals surface area contributed by atoms with Gasteiger partial charge in [-0.25, -0.2) is 4.79 Å². The van der Waals surface area contributed by atoms with Crippen molar-refractivity contribution >= 4 is 39.7 Å². The van der Waals surface area contributed by atoms with E-state index in [0.29, 0.717) is 12.2 Å². The molecule has 0 heterocycles. The van der Waals surface area contributed by atoms with E-state index in [2.05, 4.69) is 65.5 Å². The van der Waals surface area contributed by atoms with E-state index in [9.17, 15) is 4.79 Å². The highest BCUT2D eigenvalue weighted by Gasteiger charge is 2.44. The van der Waals surface area contributed by atoms with E-state index in [1.807, 2.05) is 0 Å². The summed E-state index contributed by atoms with van der Waals surface area (Å²) in [5.74, 6) is -0.341. The summed E-state index contributed by atoms with van der Waals surface area (Å²) in [4.78, 5) is 11.5. The van der Waals surface area contributed by atoms with Crippen molar-refractivity contribution < 1.29 is 21.9 Å². The Kier molecular flexibility index (Phi) is 20.2. The van der Waals surface area contributed by atoms with Gasteiger partial charge in [-0.1, -0.05) is 36.3 Å². The van der Waals surface area contributed by atoms with Crippen LogP contribution in [-0.2, 0) is 21.9 Å². The van der Waals surface area contributed by atoms with Crippen molar-refractivity contribution in [2.75, 3.05) is 6.61 Å². The summed E-state index contributed by atoms with van der Waals surface area (Å²) in [7, 11) is -8.13. The van der Waals surface area contributed by atoms with E-state index < -0.39 is 33.8 Å². The molecule has 29 heavy (non-hydrogen) atoms. The summed E-state index contributed by atoms with van der Waals surface area (Å²) >= 11 is 0. The summed E-state index contributed by atoms with van der Waals surface area (Å²) < 4.78 is 24.6. The smallest absolute Gasteiger partial charge is 0.333 e. The maximum Gasteiger partial charge on any atom is 0.333 e. The Morgan fingerprint density at radius 2 is 1.17 bits per heavy atom. The minimum Gasteiger partial charge on any atom is -0.462 e. The van der Waals surface area contributed by atoms with Crippen LogP contribution in [0.25, 0.3) is 0 Å². The second-order valence-corrected chi connectivity index (χ2v) is 25.6. The fourth-order valence-electron chi connectivity index (χ4n) is 2.73. The van der Waals surface area contributed by atoms with Crippen LogP contribution in [0.3, 0.4) is 0 Å². The van der Waals surface area contributed by atoms with Crippen LogP contribution in [0, 0.1) is 0 Å². The first kappa shape index (κ1) is 39.4. The molecule has 0 aromatic rings. The van der Waals surface area contributed by atoms with Crippen molar-refractivity contribution in [1.82, 2.24) is 0 Å². The fraction of sp³-hybridized carbons (Fsp3) is 0.850. The van der Waals surface area contributed by atoms with Crippen LogP contribution >= 0.6 is 0 Å². The molecule has 9 heteroatoms. The molecule has 0 aromatic carbocycles. The minimum atomic E-state index is -2.41. The summed E-state index contributed by atoms with van der Waals surface area (Å²) in [6.07, 6.45) is 0.726. The predicted octanol–water partition coefficient (Wildman–Crippen LogP) is 7.53. The van der Waals surface area contributed by atoms with Gasteiger partial charge >= 0.3 is 23.1 Å². The first-order valence-electron chi connectivity index (χ1n) is 8.88. The molecule has 0 aliphatic carbocycles. The summed E-state index contributed by atoms with van der Waals surface area (Å²) in [6, 6.07) is 0.784. The average Bonchev–Trinajstić information content (AvgIpc) is 2.27. The van der Waals surface area contributed by atoms with Crippen molar-refractivity contribution in [1.29, 1.82) is 0 Å². The predicted molar refractivity (Wildman–Crippen MR) is 141 cm³/mol. The van der Waals surface area contributed by atoms with Gasteiger partial charge < -0.3 is 17.1 Å². The van der Waals surface area contributed by atoms with E-state index >= 15 is 0 Å². The molecule has 180 valence electrons. The maximum atomic E-state index is 11.5. The Morgan fingerprint density at radius 1 is 0.759 bits per heavy atom. The monoisotopic (exact) mass is 486 g/mol.